The number of benzene rings is 3. The number of halogens is 1. The van der Waals surface area contributed by atoms with E-state index >= 15 is 0 Å². The second kappa shape index (κ2) is 9.32. The average molecular weight is 458 g/mol. The van der Waals surface area contributed by atoms with Crippen LogP contribution in [0.5, 0.6) is 0 Å². The lowest BCUT2D eigenvalue weighted by Crippen LogP contribution is -2.36. The molecule has 1 aliphatic rings. The van der Waals surface area contributed by atoms with E-state index in [1.807, 2.05) is 35.2 Å². The molecule has 0 bridgehead atoms. The molecule has 0 radical (unpaired) electrons. The normalized spacial score (nSPS) is 13.2. The molecule has 1 aromatic heterocycles. The third-order valence-electron chi connectivity index (χ3n) is 6.00. The fourth-order valence-corrected chi connectivity index (χ4v) is 5.19. The Bertz CT molecular complexity index is 1320. The molecule has 0 atom stereocenters. The maximum absolute atomic E-state index is 13.5. The number of hydrogen-bond acceptors (Lipinski definition) is 4. The summed E-state index contributed by atoms with van der Waals surface area (Å²) in [7, 11) is 0. The number of fused-ring (bicyclic) bond motifs is 2. The van der Waals surface area contributed by atoms with Gasteiger partial charge in [-0.05, 0) is 60.7 Å². The van der Waals surface area contributed by atoms with Crippen LogP contribution in [0.3, 0.4) is 0 Å². The van der Waals surface area contributed by atoms with Gasteiger partial charge in [0.25, 0.3) is 0 Å². The van der Waals surface area contributed by atoms with Gasteiger partial charge in [0.2, 0.25) is 5.91 Å². The molecule has 166 valence electrons. The number of para-hydroxylation sites is 2. The van der Waals surface area contributed by atoms with Crippen molar-refractivity contribution < 1.29 is 9.18 Å². The van der Waals surface area contributed by atoms with Gasteiger partial charge in [-0.1, -0.05) is 55.1 Å². The van der Waals surface area contributed by atoms with Crippen LogP contribution in [0.15, 0.2) is 71.8 Å². The molecule has 4 aromatic rings. The topological polar surface area (TPSA) is 46.1 Å². The third-order valence-corrected chi connectivity index (χ3v) is 6.98. The molecule has 0 N–H and O–H groups in total. The van der Waals surface area contributed by atoms with Gasteiger partial charge < -0.3 is 4.90 Å². The van der Waals surface area contributed by atoms with E-state index in [9.17, 15) is 9.18 Å². The number of hydrogen-bond donors (Lipinski definition) is 0. The molecule has 0 aliphatic carbocycles. The van der Waals surface area contributed by atoms with Gasteiger partial charge in [0.05, 0.1) is 11.3 Å². The van der Waals surface area contributed by atoms with Crippen LogP contribution in [-0.4, -0.2) is 28.2 Å². The Balaban J connectivity index is 1.49. The first-order valence-electron chi connectivity index (χ1n) is 11.2. The first kappa shape index (κ1) is 21.6. The van der Waals surface area contributed by atoms with Gasteiger partial charge in [-0.2, -0.15) is 0 Å². The van der Waals surface area contributed by atoms with Crippen LogP contribution in [0, 0.1) is 5.82 Å². The summed E-state index contributed by atoms with van der Waals surface area (Å²) in [6.07, 6.45) is 2.81. The summed E-state index contributed by atoms with van der Waals surface area (Å²) in [6.45, 7) is 2.83. The van der Waals surface area contributed by atoms with Crippen LogP contribution in [0.1, 0.15) is 24.5 Å². The molecule has 0 spiro atoms. The van der Waals surface area contributed by atoms with E-state index in [4.69, 9.17) is 9.97 Å². The number of aromatic nitrogens is 2. The predicted molar refractivity (Wildman–Crippen MR) is 132 cm³/mol. The average Bonchev–Trinajstić information content (AvgIpc) is 2.86. The van der Waals surface area contributed by atoms with Crippen molar-refractivity contribution in [2.45, 2.75) is 31.2 Å². The Morgan fingerprint density at radius 1 is 1.03 bits per heavy atom. The van der Waals surface area contributed by atoms with Crippen molar-refractivity contribution >= 4 is 34.3 Å². The minimum absolute atomic E-state index is 0.0777. The van der Waals surface area contributed by atoms with Crippen molar-refractivity contribution in [1.29, 1.82) is 0 Å². The summed E-state index contributed by atoms with van der Waals surface area (Å²) in [5, 5.41) is 1.71. The van der Waals surface area contributed by atoms with Gasteiger partial charge in [0.1, 0.15) is 10.8 Å². The van der Waals surface area contributed by atoms with E-state index in [1.165, 1.54) is 29.5 Å². The number of rotatable bonds is 5. The smallest absolute Gasteiger partial charge is 0.237 e. The van der Waals surface area contributed by atoms with Crippen LogP contribution in [-0.2, 0) is 17.6 Å². The third kappa shape index (κ3) is 4.35. The van der Waals surface area contributed by atoms with Crippen molar-refractivity contribution in [2.75, 3.05) is 17.2 Å². The molecule has 3 aromatic carbocycles. The van der Waals surface area contributed by atoms with Crippen LogP contribution in [0.4, 0.5) is 10.1 Å². The predicted octanol–water partition coefficient (Wildman–Crippen LogP) is 6.07. The number of amides is 1. The zero-order valence-corrected chi connectivity index (χ0v) is 19.2. The van der Waals surface area contributed by atoms with Gasteiger partial charge in [0.15, 0.2) is 5.82 Å². The molecular weight excluding hydrogens is 433 g/mol. The van der Waals surface area contributed by atoms with Crippen molar-refractivity contribution in [3.63, 3.8) is 0 Å². The minimum atomic E-state index is -0.296. The van der Waals surface area contributed by atoms with Crippen molar-refractivity contribution in [1.82, 2.24) is 9.97 Å². The highest BCUT2D eigenvalue weighted by atomic mass is 32.2. The molecular formula is C27H24FN3OS. The highest BCUT2D eigenvalue weighted by molar-refractivity contribution is 8.00. The summed E-state index contributed by atoms with van der Waals surface area (Å²) >= 11 is 1.44. The van der Waals surface area contributed by atoms with Gasteiger partial charge >= 0.3 is 0 Å². The first-order chi connectivity index (χ1) is 16.1. The Morgan fingerprint density at radius 3 is 2.67 bits per heavy atom. The molecule has 2 heterocycles. The summed E-state index contributed by atoms with van der Waals surface area (Å²) in [5.41, 5.74) is 4.99. The molecule has 6 heteroatoms. The van der Waals surface area contributed by atoms with E-state index in [1.54, 1.807) is 12.1 Å². The lowest BCUT2D eigenvalue weighted by molar-refractivity contribution is -0.116. The molecule has 0 saturated heterocycles. The fourth-order valence-electron chi connectivity index (χ4n) is 4.31. The van der Waals surface area contributed by atoms with Gasteiger partial charge in [-0.15, -0.1) is 0 Å². The first-order valence-corrected chi connectivity index (χ1v) is 12.2. The summed E-state index contributed by atoms with van der Waals surface area (Å²) in [6, 6.07) is 20.4. The van der Waals surface area contributed by atoms with Crippen molar-refractivity contribution in [2.24, 2.45) is 0 Å². The second-order valence-electron chi connectivity index (χ2n) is 8.09. The quantitative estimate of drug-likeness (QED) is 0.270. The Morgan fingerprint density at radius 2 is 1.85 bits per heavy atom. The molecule has 1 amide bonds. The lowest BCUT2D eigenvalue weighted by atomic mass is 10.0. The van der Waals surface area contributed by atoms with E-state index in [-0.39, 0.29) is 11.7 Å². The maximum Gasteiger partial charge on any atom is 0.237 e. The minimum Gasteiger partial charge on any atom is -0.311 e. The number of anilines is 1. The van der Waals surface area contributed by atoms with E-state index < -0.39 is 0 Å². The maximum atomic E-state index is 13.5. The van der Waals surface area contributed by atoms with Crippen LogP contribution in [0.2, 0.25) is 0 Å². The number of thioether (sulfide) groups is 1. The monoisotopic (exact) mass is 457 g/mol. The number of carbonyl (C=O) groups is 1. The number of carbonyl (C=O) groups excluding carboxylic acids is 1. The van der Waals surface area contributed by atoms with E-state index in [0.29, 0.717) is 11.6 Å². The van der Waals surface area contributed by atoms with Gasteiger partial charge in [0, 0.05) is 23.2 Å². The van der Waals surface area contributed by atoms with Crippen LogP contribution < -0.4 is 4.90 Å². The van der Waals surface area contributed by atoms with Gasteiger partial charge in [-0.3, -0.25) is 4.79 Å². The molecule has 5 rings (SSSR count). The fraction of sp³-hybridized carbons (Fsp3) is 0.222. The molecule has 4 nitrogen and oxygen atoms in total. The zero-order valence-electron chi connectivity index (χ0n) is 18.4. The van der Waals surface area contributed by atoms with Crippen LogP contribution >= 0.6 is 11.8 Å². The summed E-state index contributed by atoms with van der Waals surface area (Å²) < 4.78 is 13.5. The Labute approximate surface area is 196 Å². The Hall–Kier alpha value is -3.25. The molecule has 1 aliphatic heterocycles. The SMILES string of the molecule is CCc1cccc2c(SCC(=O)N3CCCc4ccccc43)nc(-c3ccc(F)cc3)nc12. The van der Waals surface area contributed by atoms with Crippen molar-refractivity contribution in [3.8, 4) is 11.4 Å². The highest BCUT2D eigenvalue weighted by Gasteiger charge is 2.23. The molecule has 33 heavy (non-hydrogen) atoms. The van der Waals surface area contributed by atoms with Crippen LogP contribution in [0.25, 0.3) is 22.3 Å². The molecule has 0 saturated carbocycles. The summed E-state index contributed by atoms with van der Waals surface area (Å²) in [4.78, 5) is 24.7. The zero-order chi connectivity index (χ0) is 22.8. The van der Waals surface area contributed by atoms with Gasteiger partial charge in [-0.25, -0.2) is 14.4 Å². The van der Waals surface area contributed by atoms with E-state index in [0.717, 1.165) is 58.6 Å². The molecule has 0 unspecified atom stereocenters. The lowest BCUT2D eigenvalue weighted by Gasteiger charge is -2.29. The number of aryl methyl sites for hydroxylation is 2. The number of nitrogens with zero attached hydrogens (tertiary/aromatic N) is 3. The molecule has 0 fully saturated rings. The second-order valence-corrected chi connectivity index (χ2v) is 9.06. The largest absolute Gasteiger partial charge is 0.311 e. The highest BCUT2D eigenvalue weighted by Crippen LogP contribution is 2.32. The Kier molecular flexibility index (Phi) is 6.09. The summed E-state index contributed by atoms with van der Waals surface area (Å²) in [5.74, 6) is 0.617. The standard InChI is InChI=1S/C27H24FN3OS/c1-2-18-8-5-10-22-25(18)29-26(20-12-14-21(28)15-13-20)30-27(22)33-17-24(32)31-16-6-9-19-7-3-4-11-23(19)31/h3-5,7-8,10-15H,2,6,9,16-17H2,1H3. The van der Waals surface area contributed by atoms with Crippen molar-refractivity contribution in [3.05, 3.63) is 83.7 Å². The van der Waals surface area contributed by atoms with E-state index in [2.05, 4.69) is 19.1 Å².